The Morgan fingerprint density at radius 2 is 1.48 bits per heavy atom. The van der Waals surface area contributed by atoms with E-state index in [-0.39, 0.29) is 0 Å². The zero-order valence-corrected chi connectivity index (χ0v) is 14.7. The summed E-state index contributed by atoms with van der Waals surface area (Å²) in [5.41, 5.74) is 5.13. The van der Waals surface area contributed by atoms with Gasteiger partial charge in [-0.1, -0.05) is 24.3 Å². The van der Waals surface area contributed by atoms with Crippen molar-refractivity contribution >= 4 is 39.9 Å². The lowest BCUT2D eigenvalue weighted by molar-refractivity contribution is 1.25. The average Bonchev–Trinajstić information content (AvgIpc) is 2.95. The Bertz CT molecular complexity index is 984. The third-order valence-electron chi connectivity index (χ3n) is 4.23. The van der Waals surface area contributed by atoms with Crippen molar-refractivity contribution in [3.05, 3.63) is 66.9 Å². The van der Waals surface area contributed by atoms with E-state index in [1.54, 1.807) is 23.5 Å². The number of rotatable bonds is 3. The molecule has 2 aromatic heterocycles. The van der Waals surface area contributed by atoms with Crippen LogP contribution in [-0.4, -0.2) is 16.9 Å². The molecule has 4 rings (SSSR count). The summed E-state index contributed by atoms with van der Waals surface area (Å²) in [6, 6.07) is 22.0. The van der Waals surface area contributed by atoms with E-state index in [1.807, 2.05) is 0 Å². The molecule has 2 aromatic carbocycles. The second-order valence-electron chi connectivity index (χ2n) is 5.44. The SMILES string of the molecule is CSc1ccc(-c2c3ccc(SC)cc3n3ccccc23)cc1. The van der Waals surface area contributed by atoms with E-state index in [9.17, 15) is 0 Å². The molecular weight excluding hydrogens is 318 g/mol. The van der Waals surface area contributed by atoms with E-state index < -0.39 is 0 Å². The van der Waals surface area contributed by atoms with Gasteiger partial charge in [0.1, 0.15) is 0 Å². The van der Waals surface area contributed by atoms with Crippen LogP contribution in [0.3, 0.4) is 0 Å². The van der Waals surface area contributed by atoms with Gasteiger partial charge in [0.2, 0.25) is 0 Å². The van der Waals surface area contributed by atoms with Gasteiger partial charge in [-0.25, -0.2) is 0 Å². The average molecular weight is 335 g/mol. The first kappa shape index (κ1) is 14.7. The fraction of sp³-hybridized carbons (Fsp3) is 0.100. The van der Waals surface area contributed by atoms with E-state index >= 15 is 0 Å². The first-order valence-corrected chi connectivity index (χ1v) is 9.98. The Hall–Kier alpha value is -1.84. The van der Waals surface area contributed by atoms with Crippen LogP contribution >= 0.6 is 23.5 Å². The highest BCUT2D eigenvalue weighted by atomic mass is 32.2. The van der Waals surface area contributed by atoms with E-state index in [0.717, 1.165) is 0 Å². The first-order valence-electron chi connectivity index (χ1n) is 7.53. The summed E-state index contributed by atoms with van der Waals surface area (Å²) in [5.74, 6) is 0. The number of benzene rings is 2. The molecule has 0 amide bonds. The minimum atomic E-state index is 1.26. The number of hydrogen-bond donors (Lipinski definition) is 0. The third-order valence-corrected chi connectivity index (χ3v) is 5.70. The topological polar surface area (TPSA) is 4.41 Å². The standard InChI is InChI=1S/C20H17NS2/c1-22-15-8-6-14(7-9-15)20-17-11-10-16(23-2)13-19(17)21-12-4-3-5-18(20)21/h3-13H,1-2H3. The number of aromatic nitrogens is 1. The molecule has 1 nitrogen and oxygen atoms in total. The minimum absolute atomic E-state index is 1.26. The molecule has 114 valence electrons. The van der Waals surface area contributed by atoms with Gasteiger partial charge in [0, 0.05) is 26.9 Å². The van der Waals surface area contributed by atoms with Crippen molar-refractivity contribution in [2.75, 3.05) is 12.5 Å². The molecule has 23 heavy (non-hydrogen) atoms. The maximum absolute atomic E-state index is 2.30. The summed E-state index contributed by atoms with van der Waals surface area (Å²) in [6.45, 7) is 0. The molecule has 0 radical (unpaired) electrons. The van der Waals surface area contributed by atoms with Crippen molar-refractivity contribution in [3.8, 4) is 11.1 Å². The highest BCUT2D eigenvalue weighted by molar-refractivity contribution is 7.98. The molecule has 2 heterocycles. The monoisotopic (exact) mass is 335 g/mol. The number of pyridine rings is 1. The molecule has 0 aliphatic heterocycles. The van der Waals surface area contributed by atoms with Crippen LogP contribution in [0.15, 0.2) is 76.7 Å². The lowest BCUT2D eigenvalue weighted by atomic mass is 10.0. The summed E-state index contributed by atoms with van der Waals surface area (Å²) >= 11 is 3.57. The predicted octanol–water partition coefficient (Wildman–Crippen LogP) is 6.20. The van der Waals surface area contributed by atoms with Gasteiger partial charge in [-0.05, 0) is 54.5 Å². The number of fused-ring (bicyclic) bond motifs is 3. The lowest BCUT2D eigenvalue weighted by Gasteiger charge is -2.03. The van der Waals surface area contributed by atoms with Crippen molar-refractivity contribution in [2.24, 2.45) is 0 Å². The van der Waals surface area contributed by atoms with Gasteiger partial charge in [0.15, 0.2) is 0 Å². The summed E-state index contributed by atoms with van der Waals surface area (Å²) < 4.78 is 2.30. The molecule has 0 unspecified atom stereocenters. The smallest absolute Gasteiger partial charge is 0.0546 e. The van der Waals surface area contributed by atoms with Crippen LogP contribution < -0.4 is 0 Å². The second-order valence-corrected chi connectivity index (χ2v) is 7.20. The van der Waals surface area contributed by atoms with Crippen molar-refractivity contribution in [2.45, 2.75) is 9.79 Å². The molecule has 3 heteroatoms. The second kappa shape index (κ2) is 5.99. The van der Waals surface area contributed by atoms with Crippen LogP contribution in [-0.2, 0) is 0 Å². The van der Waals surface area contributed by atoms with Gasteiger partial charge in [-0.3, -0.25) is 0 Å². The van der Waals surface area contributed by atoms with Crippen molar-refractivity contribution in [1.82, 2.24) is 4.40 Å². The fourth-order valence-corrected chi connectivity index (χ4v) is 3.95. The van der Waals surface area contributed by atoms with E-state index in [1.165, 1.54) is 37.3 Å². The largest absolute Gasteiger partial charge is 0.316 e. The van der Waals surface area contributed by atoms with E-state index in [2.05, 4.69) is 83.8 Å². The summed E-state index contributed by atoms with van der Waals surface area (Å²) in [4.78, 5) is 2.59. The van der Waals surface area contributed by atoms with Gasteiger partial charge in [0.05, 0.1) is 11.0 Å². The van der Waals surface area contributed by atoms with Crippen LogP contribution in [0.25, 0.3) is 27.5 Å². The summed E-state index contributed by atoms with van der Waals surface area (Å²) in [7, 11) is 0. The molecule has 0 bridgehead atoms. The number of thioether (sulfide) groups is 2. The molecule has 4 aromatic rings. The number of hydrogen-bond acceptors (Lipinski definition) is 2. The Kier molecular flexibility index (Phi) is 3.83. The number of nitrogens with zero attached hydrogens (tertiary/aromatic N) is 1. The molecular formula is C20H17NS2. The maximum atomic E-state index is 2.30. The normalized spacial score (nSPS) is 11.4. The lowest BCUT2D eigenvalue weighted by Crippen LogP contribution is -1.82. The van der Waals surface area contributed by atoms with Gasteiger partial charge >= 0.3 is 0 Å². The first-order chi connectivity index (χ1) is 11.3. The van der Waals surface area contributed by atoms with Crippen LogP contribution in [0.4, 0.5) is 0 Å². The quantitative estimate of drug-likeness (QED) is 0.410. The minimum Gasteiger partial charge on any atom is -0.316 e. The highest BCUT2D eigenvalue weighted by Crippen LogP contribution is 2.37. The Morgan fingerprint density at radius 1 is 0.739 bits per heavy atom. The Balaban J connectivity index is 2.06. The molecule has 0 atom stereocenters. The molecule has 0 aliphatic rings. The zero-order chi connectivity index (χ0) is 15.8. The zero-order valence-electron chi connectivity index (χ0n) is 13.1. The molecule has 0 aliphatic carbocycles. The highest BCUT2D eigenvalue weighted by Gasteiger charge is 2.13. The Labute approximate surface area is 144 Å². The van der Waals surface area contributed by atoms with Crippen LogP contribution in [0, 0.1) is 0 Å². The van der Waals surface area contributed by atoms with E-state index in [4.69, 9.17) is 0 Å². The molecule has 0 spiro atoms. The van der Waals surface area contributed by atoms with Crippen LogP contribution in [0.5, 0.6) is 0 Å². The van der Waals surface area contributed by atoms with E-state index in [0.29, 0.717) is 0 Å². The third kappa shape index (κ3) is 2.44. The van der Waals surface area contributed by atoms with Crippen molar-refractivity contribution < 1.29 is 0 Å². The van der Waals surface area contributed by atoms with Crippen molar-refractivity contribution in [3.63, 3.8) is 0 Å². The molecule has 0 saturated carbocycles. The molecule has 0 N–H and O–H groups in total. The Morgan fingerprint density at radius 3 is 2.22 bits per heavy atom. The van der Waals surface area contributed by atoms with Crippen LogP contribution in [0.2, 0.25) is 0 Å². The fourth-order valence-electron chi connectivity index (χ4n) is 3.11. The maximum Gasteiger partial charge on any atom is 0.0546 e. The van der Waals surface area contributed by atoms with Gasteiger partial charge in [-0.15, -0.1) is 23.5 Å². The molecule has 0 fully saturated rings. The molecule has 0 saturated heterocycles. The summed E-state index contributed by atoms with van der Waals surface area (Å²) in [5, 5.41) is 1.31. The van der Waals surface area contributed by atoms with Crippen LogP contribution in [0.1, 0.15) is 0 Å². The summed E-state index contributed by atoms with van der Waals surface area (Å²) in [6.07, 6.45) is 6.39. The predicted molar refractivity (Wildman–Crippen MR) is 104 cm³/mol. The van der Waals surface area contributed by atoms with Gasteiger partial charge in [0.25, 0.3) is 0 Å². The van der Waals surface area contributed by atoms with Crippen molar-refractivity contribution in [1.29, 1.82) is 0 Å². The van der Waals surface area contributed by atoms with Gasteiger partial charge < -0.3 is 4.40 Å². The van der Waals surface area contributed by atoms with Gasteiger partial charge in [-0.2, -0.15) is 0 Å².